The van der Waals surface area contributed by atoms with Gasteiger partial charge in [0.05, 0.1) is 10.6 Å². The number of carbonyl (C=O) groups excluding carboxylic acids is 2. The minimum absolute atomic E-state index is 0.0341. The molecule has 0 aliphatic heterocycles. The van der Waals surface area contributed by atoms with Gasteiger partial charge in [0, 0.05) is 19.8 Å². The smallest absolute Gasteiger partial charge is 0.338 e. The van der Waals surface area contributed by atoms with Crippen molar-refractivity contribution in [3.8, 4) is 0 Å². The van der Waals surface area contributed by atoms with E-state index in [1.54, 1.807) is 12.1 Å². The maximum absolute atomic E-state index is 12.3. The lowest BCUT2D eigenvalue weighted by Crippen LogP contribution is -2.23. The van der Waals surface area contributed by atoms with E-state index in [2.05, 4.69) is 26.1 Å². The number of anilines is 1. The second-order valence-corrected chi connectivity index (χ2v) is 10.4. The van der Waals surface area contributed by atoms with Gasteiger partial charge in [-0.15, -0.1) is 0 Å². The van der Waals surface area contributed by atoms with E-state index < -0.39 is 28.5 Å². The molecular weight excluding hydrogens is 428 g/mol. The van der Waals surface area contributed by atoms with Gasteiger partial charge in [-0.25, -0.2) is 17.5 Å². The number of amides is 1. The average Bonchev–Trinajstić information content (AvgIpc) is 2.66. The van der Waals surface area contributed by atoms with Crippen molar-refractivity contribution < 1.29 is 22.7 Å². The lowest BCUT2D eigenvalue weighted by Gasteiger charge is -2.18. The first kappa shape index (κ1) is 23.9. The third-order valence-corrected chi connectivity index (χ3v) is 6.59. The molecule has 0 fully saturated rings. The molecule has 0 saturated carbocycles. The third kappa shape index (κ3) is 5.81. The average molecular weight is 453 g/mol. The van der Waals surface area contributed by atoms with Crippen molar-refractivity contribution in [1.29, 1.82) is 0 Å². The van der Waals surface area contributed by atoms with Crippen LogP contribution in [0, 0.1) is 0 Å². The standard InChI is InChI=1S/C21H25ClN2O5S/c1-21(2,3)15-8-6-14(7-9-15)20(26)29-13-19(25)23-16-10-11-17(22)18(12-16)30(27,28)24(4)5/h6-12H,13H2,1-5H3,(H,23,25). The van der Waals surface area contributed by atoms with E-state index in [0.29, 0.717) is 5.56 Å². The van der Waals surface area contributed by atoms with Crippen LogP contribution in [-0.4, -0.2) is 45.3 Å². The number of halogens is 1. The fourth-order valence-electron chi connectivity index (χ4n) is 2.49. The van der Waals surface area contributed by atoms with Crippen LogP contribution in [0.15, 0.2) is 47.4 Å². The molecule has 0 saturated heterocycles. The van der Waals surface area contributed by atoms with Crippen LogP contribution in [0.5, 0.6) is 0 Å². The van der Waals surface area contributed by atoms with Crippen LogP contribution in [0.2, 0.25) is 5.02 Å². The highest BCUT2D eigenvalue weighted by atomic mass is 35.5. The molecule has 1 N–H and O–H groups in total. The predicted molar refractivity (Wildman–Crippen MR) is 116 cm³/mol. The van der Waals surface area contributed by atoms with Crippen LogP contribution in [-0.2, 0) is 25.0 Å². The Labute approximate surface area is 182 Å². The minimum Gasteiger partial charge on any atom is -0.452 e. The quantitative estimate of drug-likeness (QED) is 0.675. The molecular formula is C21H25ClN2O5S. The summed E-state index contributed by atoms with van der Waals surface area (Å²) in [5.41, 5.74) is 1.58. The Balaban J connectivity index is 2.02. The number of hydrogen-bond acceptors (Lipinski definition) is 5. The van der Waals surface area contributed by atoms with Crippen molar-refractivity contribution in [2.24, 2.45) is 0 Å². The maximum atomic E-state index is 12.3. The summed E-state index contributed by atoms with van der Waals surface area (Å²) in [6, 6.07) is 11.1. The van der Waals surface area contributed by atoms with Gasteiger partial charge < -0.3 is 10.1 Å². The first-order valence-corrected chi connectivity index (χ1v) is 10.9. The van der Waals surface area contributed by atoms with Gasteiger partial charge in [0.15, 0.2) is 6.61 Å². The van der Waals surface area contributed by atoms with Gasteiger partial charge in [-0.1, -0.05) is 44.5 Å². The zero-order valence-corrected chi connectivity index (χ0v) is 19.1. The summed E-state index contributed by atoms with van der Waals surface area (Å²) < 4.78 is 30.7. The number of nitrogens with zero attached hydrogens (tertiary/aromatic N) is 1. The van der Waals surface area contributed by atoms with Gasteiger partial charge in [0.2, 0.25) is 10.0 Å². The molecule has 0 heterocycles. The second-order valence-electron chi connectivity index (χ2n) is 7.88. The number of rotatable bonds is 6. The molecule has 2 rings (SSSR count). The van der Waals surface area contributed by atoms with E-state index in [4.69, 9.17) is 16.3 Å². The van der Waals surface area contributed by atoms with Gasteiger partial charge in [-0.2, -0.15) is 0 Å². The highest BCUT2D eigenvalue weighted by Gasteiger charge is 2.22. The van der Waals surface area contributed by atoms with E-state index in [9.17, 15) is 18.0 Å². The molecule has 2 aromatic rings. The molecule has 0 atom stereocenters. The van der Waals surface area contributed by atoms with Gasteiger partial charge in [-0.05, 0) is 41.3 Å². The van der Waals surface area contributed by atoms with Crippen molar-refractivity contribution in [3.05, 3.63) is 58.6 Å². The number of sulfonamides is 1. The molecule has 162 valence electrons. The molecule has 0 bridgehead atoms. The molecule has 0 unspecified atom stereocenters. The summed E-state index contributed by atoms with van der Waals surface area (Å²) in [5, 5.41) is 2.53. The molecule has 0 aliphatic rings. The first-order chi connectivity index (χ1) is 13.8. The Bertz CT molecular complexity index is 1040. The number of ether oxygens (including phenoxy) is 1. The number of benzene rings is 2. The number of nitrogens with one attached hydrogen (secondary N) is 1. The lowest BCUT2D eigenvalue weighted by atomic mass is 9.87. The summed E-state index contributed by atoms with van der Waals surface area (Å²) in [7, 11) is -1.02. The third-order valence-electron chi connectivity index (χ3n) is 4.29. The summed E-state index contributed by atoms with van der Waals surface area (Å²) in [6.45, 7) is 5.68. The van der Waals surface area contributed by atoms with Gasteiger partial charge in [0.25, 0.3) is 5.91 Å². The summed E-state index contributed by atoms with van der Waals surface area (Å²) >= 11 is 5.98. The van der Waals surface area contributed by atoms with Crippen LogP contribution < -0.4 is 5.32 Å². The zero-order chi connectivity index (χ0) is 22.7. The first-order valence-electron chi connectivity index (χ1n) is 9.12. The maximum Gasteiger partial charge on any atom is 0.338 e. The van der Waals surface area contributed by atoms with E-state index in [0.717, 1.165) is 9.87 Å². The Morgan fingerprint density at radius 3 is 2.20 bits per heavy atom. The largest absolute Gasteiger partial charge is 0.452 e. The van der Waals surface area contributed by atoms with E-state index >= 15 is 0 Å². The van der Waals surface area contributed by atoms with Crippen molar-refractivity contribution in [1.82, 2.24) is 4.31 Å². The van der Waals surface area contributed by atoms with Crippen LogP contribution in [0.25, 0.3) is 0 Å². The Morgan fingerprint density at radius 2 is 1.67 bits per heavy atom. The summed E-state index contributed by atoms with van der Waals surface area (Å²) in [6.07, 6.45) is 0. The molecule has 2 aromatic carbocycles. The highest BCUT2D eigenvalue weighted by molar-refractivity contribution is 7.89. The van der Waals surface area contributed by atoms with Crippen molar-refractivity contribution in [2.75, 3.05) is 26.0 Å². The van der Waals surface area contributed by atoms with Crippen molar-refractivity contribution >= 4 is 39.2 Å². The fraction of sp³-hybridized carbons (Fsp3) is 0.333. The molecule has 0 aromatic heterocycles. The lowest BCUT2D eigenvalue weighted by molar-refractivity contribution is -0.119. The summed E-state index contributed by atoms with van der Waals surface area (Å²) in [5.74, 6) is -1.23. The van der Waals surface area contributed by atoms with Crippen molar-refractivity contribution in [2.45, 2.75) is 31.1 Å². The van der Waals surface area contributed by atoms with E-state index in [1.165, 1.54) is 32.3 Å². The fourth-order valence-corrected chi connectivity index (χ4v) is 3.89. The zero-order valence-electron chi connectivity index (χ0n) is 17.5. The highest BCUT2D eigenvalue weighted by Crippen LogP contribution is 2.27. The number of carbonyl (C=O) groups is 2. The van der Waals surface area contributed by atoms with Crippen LogP contribution in [0.3, 0.4) is 0 Å². The molecule has 0 radical (unpaired) electrons. The van der Waals surface area contributed by atoms with Gasteiger partial charge in [-0.3, -0.25) is 4.79 Å². The number of hydrogen-bond donors (Lipinski definition) is 1. The van der Waals surface area contributed by atoms with Crippen LogP contribution in [0.1, 0.15) is 36.7 Å². The van der Waals surface area contributed by atoms with E-state index in [-0.39, 0.29) is 21.0 Å². The molecule has 7 nitrogen and oxygen atoms in total. The topological polar surface area (TPSA) is 92.8 Å². The van der Waals surface area contributed by atoms with Gasteiger partial charge >= 0.3 is 5.97 Å². The van der Waals surface area contributed by atoms with Crippen molar-refractivity contribution in [3.63, 3.8) is 0 Å². The monoisotopic (exact) mass is 452 g/mol. The Hall–Kier alpha value is -2.42. The van der Waals surface area contributed by atoms with Gasteiger partial charge in [0.1, 0.15) is 4.90 Å². The van der Waals surface area contributed by atoms with Crippen LogP contribution in [0.4, 0.5) is 5.69 Å². The summed E-state index contributed by atoms with van der Waals surface area (Å²) in [4.78, 5) is 24.2. The SMILES string of the molecule is CN(C)S(=O)(=O)c1cc(NC(=O)COC(=O)c2ccc(C(C)(C)C)cc2)ccc1Cl. The molecule has 9 heteroatoms. The number of esters is 1. The molecule has 0 aliphatic carbocycles. The molecule has 0 spiro atoms. The van der Waals surface area contributed by atoms with E-state index in [1.807, 2.05) is 12.1 Å². The Morgan fingerprint density at radius 1 is 1.07 bits per heavy atom. The normalized spacial score (nSPS) is 12.0. The predicted octanol–water partition coefficient (Wildman–Crippen LogP) is 3.68. The molecule has 30 heavy (non-hydrogen) atoms. The van der Waals surface area contributed by atoms with Crippen LogP contribution >= 0.6 is 11.6 Å². The second kappa shape index (κ2) is 9.16. The Kier molecular flexibility index (Phi) is 7.28. The molecule has 1 amide bonds. The minimum atomic E-state index is -3.78.